The molecule has 6 nitrogen and oxygen atoms in total. The molecule has 26 heavy (non-hydrogen) atoms. The third-order valence-electron chi connectivity index (χ3n) is 4.31. The van der Waals surface area contributed by atoms with E-state index >= 15 is 0 Å². The lowest BCUT2D eigenvalue weighted by Gasteiger charge is -2.30. The van der Waals surface area contributed by atoms with Gasteiger partial charge in [-0.05, 0) is 39.8 Å². The Kier molecular flexibility index (Phi) is 9.93. The largest absolute Gasteiger partial charge is 0.356 e. The number of aromatic amines is 1. The Labute approximate surface area is 174 Å². The highest BCUT2D eigenvalue weighted by Gasteiger charge is 2.12. The molecule has 1 heterocycles. The molecule has 0 radical (unpaired) electrons. The number of guanidine groups is 1. The SMILES string of the molecule is CN=C(NCCc1nc2ccccc2[nH]1)NCCN(C(C)C)C(C)C.I. The summed E-state index contributed by atoms with van der Waals surface area (Å²) < 4.78 is 0. The van der Waals surface area contributed by atoms with Crippen molar-refractivity contribution in [1.82, 2.24) is 25.5 Å². The monoisotopic (exact) mass is 472 g/mol. The number of rotatable bonds is 8. The van der Waals surface area contributed by atoms with Gasteiger partial charge in [-0.25, -0.2) is 4.98 Å². The fraction of sp³-hybridized carbons (Fsp3) is 0.579. The Hall–Kier alpha value is -1.35. The van der Waals surface area contributed by atoms with Crippen LogP contribution >= 0.6 is 24.0 Å². The number of H-pyrrole nitrogens is 1. The minimum Gasteiger partial charge on any atom is -0.356 e. The Morgan fingerprint density at radius 3 is 2.38 bits per heavy atom. The summed E-state index contributed by atoms with van der Waals surface area (Å²) in [5.74, 6) is 1.83. The number of nitrogens with one attached hydrogen (secondary N) is 3. The summed E-state index contributed by atoms with van der Waals surface area (Å²) in [6.45, 7) is 11.6. The van der Waals surface area contributed by atoms with Gasteiger partial charge in [0, 0.05) is 45.2 Å². The van der Waals surface area contributed by atoms with E-state index in [1.807, 2.05) is 18.2 Å². The van der Waals surface area contributed by atoms with Crippen LogP contribution in [0.2, 0.25) is 0 Å². The van der Waals surface area contributed by atoms with Crippen molar-refractivity contribution in [3.05, 3.63) is 30.1 Å². The second kappa shape index (κ2) is 11.4. The summed E-state index contributed by atoms with van der Waals surface area (Å²) in [6.07, 6.45) is 0.833. The van der Waals surface area contributed by atoms with Crippen molar-refractivity contribution in [3.63, 3.8) is 0 Å². The highest BCUT2D eigenvalue weighted by molar-refractivity contribution is 14.0. The van der Waals surface area contributed by atoms with E-state index in [9.17, 15) is 0 Å². The van der Waals surface area contributed by atoms with Crippen molar-refractivity contribution < 1.29 is 0 Å². The molecule has 0 aliphatic carbocycles. The Bertz CT molecular complexity index is 638. The van der Waals surface area contributed by atoms with Gasteiger partial charge in [-0.1, -0.05) is 12.1 Å². The first-order valence-corrected chi connectivity index (χ1v) is 9.15. The van der Waals surface area contributed by atoms with Gasteiger partial charge in [-0.3, -0.25) is 9.89 Å². The van der Waals surface area contributed by atoms with E-state index in [2.05, 4.69) is 64.3 Å². The predicted molar refractivity (Wildman–Crippen MR) is 122 cm³/mol. The first-order valence-electron chi connectivity index (χ1n) is 9.15. The number of halogens is 1. The second-order valence-corrected chi connectivity index (χ2v) is 6.80. The zero-order chi connectivity index (χ0) is 18.2. The number of hydrogen-bond acceptors (Lipinski definition) is 3. The quantitative estimate of drug-likeness (QED) is 0.314. The van der Waals surface area contributed by atoms with Gasteiger partial charge in [-0.2, -0.15) is 0 Å². The van der Waals surface area contributed by atoms with E-state index in [4.69, 9.17) is 0 Å². The van der Waals surface area contributed by atoms with Crippen LogP contribution in [-0.4, -0.2) is 59.6 Å². The van der Waals surface area contributed by atoms with E-state index < -0.39 is 0 Å². The fourth-order valence-electron chi connectivity index (χ4n) is 3.06. The Morgan fingerprint density at radius 2 is 1.77 bits per heavy atom. The molecule has 0 amide bonds. The minimum atomic E-state index is 0. The first-order chi connectivity index (χ1) is 12.0. The summed E-state index contributed by atoms with van der Waals surface area (Å²) >= 11 is 0. The minimum absolute atomic E-state index is 0. The highest BCUT2D eigenvalue weighted by Crippen LogP contribution is 2.10. The van der Waals surface area contributed by atoms with Crippen molar-refractivity contribution in [2.24, 2.45) is 4.99 Å². The predicted octanol–water partition coefficient (Wildman–Crippen LogP) is 3.01. The number of fused-ring (bicyclic) bond motifs is 1. The normalized spacial score (nSPS) is 12.1. The first kappa shape index (κ1) is 22.7. The number of para-hydroxylation sites is 2. The van der Waals surface area contributed by atoms with Crippen LogP contribution in [-0.2, 0) is 6.42 Å². The van der Waals surface area contributed by atoms with Gasteiger partial charge >= 0.3 is 0 Å². The van der Waals surface area contributed by atoms with E-state index in [0.29, 0.717) is 12.1 Å². The van der Waals surface area contributed by atoms with Crippen molar-refractivity contribution in [2.75, 3.05) is 26.7 Å². The molecule has 0 saturated heterocycles. The molecule has 1 aromatic heterocycles. The van der Waals surface area contributed by atoms with Gasteiger partial charge in [-0.15, -0.1) is 24.0 Å². The molecule has 0 bridgehead atoms. The van der Waals surface area contributed by atoms with Crippen LogP contribution in [0.1, 0.15) is 33.5 Å². The number of imidazole rings is 1. The number of aromatic nitrogens is 2. The number of aliphatic imine (C=N–C) groups is 1. The highest BCUT2D eigenvalue weighted by atomic mass is 127. The standard InChI is InChI=1S/C19H32N6.HI/c1-14(2)25(15(3)4)13-12-22-19(20-5)21-11-10-18-23-16-8-6-7-9-17(16)24-18;/h6-9,14-15H,10-13H2,1-5H3,(H,23,24)(H2,20,21,22);1H. The lowest BCUT2D eigenvalue weighted by Crippen LogP contribution is -2.45. The Balaban J connectivity index is 0.00000338. The Morgan fingerprint density at radius 1 is 1.12 bits per heavy atom. The number of benzene rings is 1. The van der Waals surface area contributed by atoms with Gasteiger partial charge in [0.05, 0.1) is 11.0 Å². The average Bonchev–Trinajstić information content (AvgIpc) is 2.98. The van der Waals surface area contributed by atoms with Crippen LogP contribution in [0.5, 0.6) is 0 Å². The van der Waals surface area contributed by atoms with Gasteiger partial charge in [0.15, 0.2) is 5.96 Å². The van der Waals surface area contributed by atoms with Crippen LogP contribution < -0.4 is 10.6 Å². The lowest BCUT2D eigenvalue weighted by molar-refractivity contribution is 0.178. The van der Waals surface area contributed by atoms with Gasteiger partial charge in [0.1, 0.15) is 5.82 Å². The van der Waals surface area contributed by atoms with Crippen LogP contribution in [0.15, 0.2) is 29.3 Å². The van der Waals surface area contributed by atoms with Gasteiger partial charge in [0.2, 0.25) is 0 Å². The molecule has 0 saturated carbocycles. The third-order valence-corrected chi connectivity index (χ3v) is 4.31. The van der Waals surface area contributed by atoms with Gasteiger partial charge < -0.3 is 15.6 Å². The summed E-state index contributed by atoms with van der Waals surface area (Å²) in [5, 5.41) is 6.74. The molecule has 0 unspecified atom stereocenters. The zero-order valence-electron chi connectivity index (χ0n) is 16.5. The summed E-state index contributed by atoms with van der Waals surface area (Å²) in [7, 11) is 1.80. The molecule has 146 valence electrons. The average molecular weight is 472 g/mol. The maximum absolute atomic E-state index is 4.60. The van der Waals surface area contributed by atoms with Crippen molar-refractivity contribution in [1.29, 1.82) is 0 Å². The molecule has 2 rings (SSSR count). The molecule has 1 aromatic carbocycles. The molecule has 0 aliphatic rings. The molecule has 3 N–H and O–H groups in total. The molecular formula is C19H33IN6. The molecule has 0 aliphatic heterocycles. The van der Waals surface area contributed by atoms with Crippen LogP contribution in [0.25, 0.3) is 11.0 Å². The van der Waals surface area contributed by atoms with Crippen LogP contribution in [0.3, 0.4) is 0 Å². The van der Waals surface area contributed by atoms with E-state index in [1.165, 1.54) is 0 Å². The summed E-state index contributed by atoms with van der Waals surface area (Å²) in [5.41, 5.74) is 2.10. The maximum Gasteiger partial charge on any atom is 0.191 e. The van der Waals surface area contributed by atoms with Crippen molar-refractivity contribution in [2.45, 2.75) is 46.2 Å². The molecular weight excluding hydrogens is 439 g/mol. The van der Waals surface area contributed by atoms with Crippen LogP contribution in [0, 0.1) is 0 Å². The molecule has 0 spiro atoms. The zero-order valence-corrected chi connectivity index (χ0v) is 18.9. The summed E-state index contributed by atoms with van der Waals surface area (Å²) in [6, 6.07) is 9.20. The molecule has 0 fully saturated rings. The molecule has 0 atom stereocenters. The van der Waals surface area contributed by atoms with Crippen LogP contribution in [0.4, 0.5) is 0 Å². The third kappa shape index (κ3) is 6.75. The van der Waals surface area contributed by atoms with Crippen molar-refractivity contribution in [3.8, 4) is 0 Å². The smallest absolute Gasteiger partial charge is 0.191 e. The van der Waals surface area contributed by atoms with Gasteiger partial charge in [0.25, 0.3) is 0 Å². The topological polar surface area (TPSA) is 68.3 Å². The maximum atomic E-state index is 4.60. The fourth-order valence-corrected chi connectivity index (χ4v) is 3.06. The number of hydrogen-bond donors (Lipinski definition) is 3. The second-order valence-electron chi connectivity index (χ2n) is 6.80. The summed E-state index contributed by atoms with van der Waals surface area (Å²) in [4.78, 5) is 14.7. The molecule has 7 heteroatoms. The van der Waals surface area contributed by atoms with Crippen molar-refractivity contribution >= 4 is 41.0 Å². The number of nitrogens with zero attached hydrogens (tertiary/aromatic N) is 3. The lowest BCUT2D eigenvalue weighted by atomic mass is 10.2. The van der Waals surface area contributed by atoms with E-state index in [1.54, 1.807) is 7.05 Å². The molecule has 2 aromatic rings. The van der Waals surface area contributed by atoms with E-state index in [-0.39, 0.29) is 24.0 Å². The van der Waals surface area contributed by atoms with E-state index in [0.717, 1.165) is 48.9 Å².